The van der Waals surface area contributed by atoms with Gasteiger partial charge in [-0.1, -0.05) is 45.4 Å². The van der Waals surface area contributed by atoms with Crippen molar-refractivity contribution < 1.29 is 4.74 Å². The van der Waals surface area contributed by atoms with E-state index >= 15 is 0 Å². The first-order valence-corrected chi connectivity index (χ1v) is 8.01. The van der Waals surface area contributed by atoms with Gasteiger partial charge in [-0.25, -0.2) is 0 Å². The van der Waals surface area contributed by atoms with Gasteiger partial charge in [-0.15, -0.1) is 0 Å². The highest BCUT2D eigenvalue weighted by Crippen LogP contribution is 2.23. The van der Waals surface area contributed by atoms with Crippen LogP contribution in [0.3, 0.4) is 0 Å². The van der Waals surface area contributed by atoms with Crippen molar-refractivity contribution in [2.75, 3.05) is 13.2 Å². The van der Waals surface area contributed by atoms with E-state index in [1.807, 2.05) is 0 Å². The summed E-state index contributed by atoms with van der Waals surface area (Å²) in [7, 11) is 0. The molecule has 1 heterocycles. The minimum Gasteiger partial charge on any atom is -0.375 e. The molecule has 0 aromatic carbocycles. The maximum Gasteiger partial charge on any atom is 0.0641 e. The van der Waals surface area contributed by atoms with Crippen molar-refractivity contribution in [2.24, 2.45) is 0 Å². The molecule has 0 aliphatic carbocycles. The topological polar surface area (TPSA) is 21.3 Å². The Morgan fingerprint density at radius 3 is 2.39 bits per heavy atom. The SMILES string of the molecule is CCCCCCCCCNC1CCOC(C)(C)C1. The molecule has 1 fully saturated rings. The molecule has 2 nitrogen and oxygen atoms in total. The quantitative estimate of drug-likeness (QED) is 0.621. The van der Waals surface area contributed by atoms with E-state index in [1.165, 1.54) is 57.9 Å². The third-order valence-corrected chi connectivity index (χ3v) is 3.91. The Bertz CT molecular complexity index is 203. The van der Waals surface area contributed by atoms with E-state index in [2.05, 4.69) is 26.1 Å². The van der Waals surface area contributed by atoms with Gasteiger partial charge in [0, 0.05) is 12.6 Å². The number of hydrogen-bond acceptors (Lipinski definition) is 2. The average molecular weight is 255 g/mol. The van der Waals surface area contributed by atoms with Crippen LogP contribution in [0.4, 0.5) is 0 Å². The fraction of sp³-hybridized carbons (Fsp3) is 1.00. The lowest BCUT2D eigenvalue weighted by Gasteiger charge is -2.36. The molecule has 0 spiro atoms. The third-order valence-electron chi connectivity index (χ3n) is 3.91. The van der Waals surface area contributed by atoms with E-state index in [4.69, 9.17) is 4.74 Å². The molecule has 0 aromatic heterocycles. The molecule has 1 aliphatic rings. The first kappa shape index (κ1) is 16.0. The molecule has 0 aromatic rings. The van der Waals surface area contributed by atoms with Crippen LogP contribution >= 0.6 is 0 Å². The molecule has 0 amide bonds. The standard InChI is InChI=1S/C16H33NO/c1-4-5-6-7-8-9-10-12-17-15-11-13-18-16(2,3)14-15/h15,17H,4-14H2,1-3H3. The zero-order valence-electron chi connectivity index (χ0n) is 12.8. The van der Waals surface area contributed by atoms with Gasteiger partial charge in [-0.2, -0.15) is 0 Å². The molecule has 108 valence electrons. The van der Waals surface area contributed by atoms with Crippen LogP contribution in [-0.2, 0) is 4.74 Å². The minimum absolute atomic E-state index is 0.0794. The fourth-order valence-electron chi connectivity index (χ4n) is 2.79. The summed E-state index contributed by atoms with van der Waals surface area (Å²) in [5.41, 5.74) is 0.0794. The summed E-state index contributed by atoms with van der Waals surface area (Å²) in [6.45, 7) is 8.79. The van der Waals surface area contributed by atoms with Crippen LogP contribution in [0.25, 0.3) is 0 Å². The van der Waals surface area contributed by atoms with E-state index in [-0.39, 0.29) is 5.60 Å². The zero-order chi connectivity index (χ0) is 13.3. The van der Waals surface area contributed by atoms with Gasteiger partial charge in [0.2, 0.25) is 0 Å². The molecule has 1 unspecified atom stereocenters. The second-order valence-corrected chi connectivity index (χ2v) is 6.37. The summed E-state index contributed by atoms with van der Waals surface area (Å²) in [5, 5.41) is 3.70. The molecule has 0 saturated carbocycles. The van der Waals surface area contributed by atoms with Crippen molar-refractivity contribution in [3.05, 3.63) is 0 Å². The van der Waals surface area contributed by atoms with E-state index < -0.39 is 0 Å². The van der Waals surface area contributed by atoms with Gasteiger partial charge in [0.1, 0.15) is 0 Å². The molecule has 0 bridgehead atoms. The number of rotatable bonds is 9. The van der Waals surface area contributed by atoms with Crippen molar-refractivity contribution >= 4 is 0 Å². The lowest BCUT2D eigenvalue weighted by Crippen LogP contribution is -2.43. The highest BCUT2D eigenvalue weighted by atomic mass is 16.5. The van der Waals surface area contributed by atoms with Crippen LogP contribution in [0.5, 0.6) is 0 Å². The second-order valence-electron chi connectivity index (χ2n) is 6.37. The summed E-state index contributed by atoms with van der Waals surface area (Å²) >= 11 is 0. The number of hydrogen-bond donors (Lipinski definition) is 1. The molecule has 1 saturated heterocycles. The van der Waals surface area contributed by atoms with Crippen LogP contribution in [0.15, 0.2) is 0 Å². The summed E-state index contributed by atoms with van der Waals surface area (Å²) in [6, 6.07) is 0.675. The lowest BCUT2D eigenvalue weighted by molar-refractivity contribution is -0.0627. The molecule has 1 rings (SSSR count). The summed E-state index contributed by atoms with van der Waals surface area (Å²) < 4.78 is 5.74. The van der Waals surface area contributed by atoms with Crippen molar-refractivity contribution in [3.63, 3.8) is 0 Å². The predicted molar refractivity (Wildman–Crippen MR) is 79.0 cm³/mol. The van der Waals surface area contributed by atoms with E-state index in [1.54, 1.807) is 0 Å². The summed E-state index contributed by atoms with van der Waals surface area (Å²) in [5.74, 6) is 0. The zero-order valence-corrected chi connectivity index (χ0v) is 12.8. The van der Waals surface area contributed by atoms with Crippen molar-refractivity contribution in [2.45, 2.75) is 90.2 Å². The molecule has 0 radical (unpaired) electrons. The number of unbranched alkanes of at least 4 members (excludes halogenated alkanes) is 6. The van der Waals surface area contributed by atoms with Gasteiger partial charge >= 0.3 is 0 Å². The Balaban J connectivity index is 1.91. The Morgan fingerprint density at radius 2 is 1.72 bits per heavy atom. The van der Waals surface area contributed by atoms with Gasteiger partial charge in [-0.3, -0.25) is 0 Å². The van der Waals surface area contributed by atoms with Gasteiger partial charge in [-0.05, 0) is 39.7 Å². The fourth-order valence-corrected chi connectivity index (χ4v) is 2.79. The van der Waals surface area contributed by atoms with Gasteiger partial charge in [0.25, 0.3) is 0 Å². The van der Waals surface area contributed by atoms with Gasteiger partial charge in [0.15, 0.2) is 0 Å². The predicted octanol–water partition coefficient (Wildman–Crippen LogP) is 4.28. The molecular weight excluding hydrogens is 222 g/mol. The molecule has 1 aliphatic heterocycles. The van der Waals surface area contributed by atoms with Crippen LogP contribution in [0.2, 0.25) is 0 Å². The molecular formula is C16H33NO. The number of nitrogens with one attached hydrogen (secondary N) is 1. The normalized spacial score (nSPS) is 23.2. The molecule has 2 heteroatoms. The van der Waals surface area contributed by atoms with E-state index in [0.717, 1.165) is 13.0 Å². The van der Waals surface area contributed by atoms with Crippen LogP contribution in [0, 0.1) is 0 Å². The Labute approximate surface area is 114 Å². The first-order chi connectivity index (χ1) is 8.64. The highest BCUT2D eigenvalue weighted by Gasteiger charge is 2.28. The van der Waals surface area contributed by atoms with Crippen LogP contribution < -0.4 is 5.32 Å². The second kappa shape index (κ2) is 8.92. The van der Waals surface area contributed by atoms with Crippen LogP contribution in [0.1, 0.15) is 78.6 Å². The maximum atomic E-state index is 5.74. The van der Waals surface area contributed by atoms with Gasteiger partial charge in [0.05, 0.1) is 5.60 Å². The van der Waals surface area contributed by atoms with Gasteiger partial charge < -0.3 is 10.1 Å². The monoisotopic (exact) mass is 255 g/mol. The summed E-state index contributed by atoms with van der Waals surface area (Å²) in [4.78, 5) is 0. The van der Waals surface area contributed by atoms with E-state index in [9.17, 15) is 0 Å². The maximum absolute atomic E-state index is 5.74. The summed E-state index contributed by atoms with van der Waals surface area (Å²) in [6.07, 6.45) is 12.1. The Morgan fingerprint density at radius 1 is 1.06 bits per heavy atom. The van der Waals surface area contributed by atoms with Crippen molar-refractivity contribution in [1.29, 1.82) is 0 Å². The largest absolute Gasteiger partial charge is 0.375 e. The molecule has 1 N–H and O–H groups in total. The third kappa shape index (κ3) is 7.38. The Kier molecular flexibility index (Phi) is 7.92. The van der Waals surface area contributed by atoms with Crippen LogP contribution in [-0.4, -0.2) is 24.8 Å². The molecule has 1 atom stereocenters. The lowest BCUT2D eigenvalue weighted by atomic mass is 9.94. The first-order valence-electron chi connectivity index (χ1n) is 8.01. The number of ether oxygens (including phenoxy) is 1. The average Bonchev–Trinajstić information content (AvgIpc) is 2.31. The molecule has 18 heavy (non-hydrogen) atoms. The highest BCUT2D eigenvalue weighted by molar-refractivity contribution is 4.82. The minimum atomic E-state index is 0.0794. The smallest absolute Gasteiger partial charge is 0.0641 e. The Hall–Kier alpha value is -0.0800. The van der Waals surface area contributed by atoms with Crippen molar-refractivity contribution in [3.8, 4) is 0 Å². The van der Waals surface area contributed by atoms with Crippen molar-refractivity contribution in [1.82, 2.24) is 5.32 Å². The van der Waals surface area contributed by atoms with E-state index in [0.29, 0.717) is 6.04 Å².